The summed E-state index contributed by atoms with van der Waals surface area (Å²) in [6.45, 7) is 4.53. The summed E-state index contributed by atoms with van der Waals surface area (Å²) in [6, 6.07) is 19.2. The molecule has 1 amide bonds. The molecule has 28 heavy (non-hydrogen) atoms. The summed E-state index contributed by atoms with van der Waals surface area (Å²) in [5.74, 6) is 1.26. The lowest BCUT2D eigenvalue weighted by atomic mass is 9.67. The molecule has 1 saturated carbocycles. The van der Waals surface area contributed by atoms with Gasteiger partial charge in [0.15, 0.2) is 0 Å². The molecule has 2 N–H and O–H groups in total. The fraction of sp³-hybridized carbons (Fsp3) is 0.458. The fourth-order valence-corrected chi connectivity index (χ4v) is 4.38. The van der Waals surface area contributed by atoms with Crippen LogP contribution < -0.4 is 10.6 Å². The molecule has 4 atom stereocenters. The van der Waals surface area contributed by atoms with Crippen LogP contribution in [0.25, 0.3) is 0 Å². The number of benzene rings is 2. The van der Waals surface area contributed by atoms with E-state index in [0.29, 0.717) is 24.4 Å². The standard InChI is InChI=1S/C24H30N2O2/c1-17-22(19-8-3-2-4-9-19)14-23(17)25-15-18-7-5-10-20(13-18)24(27)26-16-21-11-6-12-28-21/h2-5,7-10,13,17,21-23,25H,6,11-12,14-16H2,1H3,(H,26,27). The van der Waals surface area contributed by atoms with E-state index in [1.54, 1.807) is 0 Å². The van der Waals surface area contributed by atoms with Gasteiger partial charge in [-0.25, -0.2) is 0 Å². The van der Waals surface area contributed by atoms with Crippen molar-refractivity contribution in [3.63, 3.8) is 0 Å². The van der Waals surface area contributed by atoms with Crippen LogP contribution in [0.3, 0.4) is 0 Å². The van der Waals surface area contributed by atoms with Gasteiger partial charge in [0.1, 0.15) is 0 Å². The molecule has 1 saturated heterocycles. The topological polar surface area (TPSA) is 50.4 Å². The van der Waals surface area contributed by atoms with E-state index in [4.69, 9.17) is 4.74 Å². The van der Waals surface area contributed by atoms with Crippen LogP contribution in [0.4, 0.5) is 0 Å². The van der Waals surface area contributed by atoms with Gasteiger partial charge in [0.05, 0.1) is 6.10 Å². The zero-order chi connectivity index (χ0) is 19.3. The Balaban J connectivity index is 1.26. The van der Waals surface area contributed by atoms with Gasteiger partial charge in [-0.1, -0.05) is 49.4 Å². The Labute approximate surface area is 167 Å². The van der Waals surface area contributed by atoms with Crippen molar-refractivity contribution >= 4 is 5.91 Å². The number of rotatable bonds is 7. The average molecular weight is 379 g/mol. The molecule has 1 heterocycles. The molecule has 2 aromatic rings. The number of hydrogen-bond donors (Lipinski definition) is 2. The van der Waals surface area contributed by atoms with Crippen molar-refractivity contribution < 1.29 is 9.53 Å². The van der Waals surface area contributed by atoms with Gasteiger partial charge in [0.25, 0.3) is 5.91 Å². The maximum absolute atomic E-state index is 12.4. The van der Waals surface area contributed by atoms with Crippen LogP contribution in [0.15, 0.2) is 54.6 Å². The van der Waals surface area contributed by atoms with Crippen LogP contribution in [0, 0.1) is 5.92 Å². The van der Waals surface area contributed by atoms with E-state index < -0.39 is 0 Å². The molecule has 0 radical (unpaired) electrons. The Morgan fingerprint density at radius 3 is 2.75 bits per heavy atom. The van der Waals surface area contributed by atoms with Gasteiger partial charge in [0.2, 0.25) is 0 Å². The van der Waals surface area contributed by atoms with Crippen molar-refractivity contribution in [2.24, 2.45) is 5.92 Å². The maximum atomic E-state index is 12.4. The number of hydrogen-bond acceptors (Lipinski definition) is 3. The van der Waals surface area contributed by atoms with Crippen LogP contribution in [0.2, 0.25) is 0 Å². The highest BCUT2D eigenvalue weighted by atomic mass is 16.5. The Hall–Kier alpha value is -2.17. The second-order valence-electron chi connectivity index (χ2n) is 8.14. The van der Waals surface area contributed by atoms with Gasteiger partial charge in [-0.2, -0.15) is 0 Å². The van der Waals surface area contributed by atoms with E-state index in [1.165, 1.54) is 12.0 Å². The highest BCUT2D eigenvalue weighted by Crippen LogP contribution is 2.42. The summed E-state index contributed by atoms with van der Waals surface area (Å²) < 4.78 is 5.57. The molecule has 1 aliphatic heterocycles. The molecule has 148 valence electrons. The third-order valence-electron chi connectivity index (χ3n) is 6.28. The smallest absolute Gasteiger partial charge is 0.251 e. The monoisotopic (exact) mass is 378 g/mol. The number of carbonyl (C=O) groups is 1. The first-order chi connectivity index (χ1) is 13.7. The van der Waals surface area contributed by atoms with Crippen molar-refractivity contribution in [1.29, 1.82) is 0 Å². The van der Waals surface area contributed by atoms with E-state index in [9.17, 15) is 4.79 Å². The largest absolute Gasteiger partial charge is 0.376 e. The molecule has 0 spiro atoms. The Bertz CT molecular complexity index is 786. The highest BCUT2D eigenvalue weighted by molar-refractivity contribution is 5.94. The van der Waals surface area contributed by atoms with Gasteiger partial charge in [-0.3, -0.25) is 4.79 Å². The van der Waals surface area contributed by atoms with Gasteiger partial charge in [0, 0.05) is 31.3 Å². The minimum Gasteiger partial charge on any atom is -0.376 e. The van der Waals surface area contributed by atoms with E-state index in [0.717, 1.165) is 37.1 Å². The molecule has 4 nitrogen and oxygen atoms in total. The van der Waals surface area contributed by atoms with Gasteiger partial charge in [-0.15, -0.1) is 0 Å². The summed E-state index contributed by atoms with van der Waals surface area (Å²) in [6.07, 6.45) is 3.47. The fourth-order valence-electron chi connectivity index (χ4n) is 4.38. The quantitative estimate of drug-likeness (QED) is 0.769. The molecule has 1 aliphatic carbocycles. The van der Waals surface area contributed by atoms with Crippen LogP contribution >= 0.6 is 0 Å². The number of ether oxygens (including phenoxy) is 1. The van der Waals surface area contributed by atoms with Crippen molar-refractivity contribution in [2.45, 2.75) is 50.8 Å². The van der Waals surface area contributed by atoms with Crippen LogP contribution in [-0.2, 0) is 11.3 Å². The summed E-state index contributed by atoms with van der Waals surface area (Å²) in [7, 11) is 0. The normalized spacial score (nSPS) is 26.6. The SMILES string of the molecule is CC1C(NCc2cccc(C(=O)NCC3CCCO3)c2)CC1c1ccccc1. The zero-order valence-electron chi connectivity index (χ0n) is 16.6. The first kappa shape index (κ1) is 19.2. The maximum Gasteiger partial charge on any atom is 0.251 e. The first-order valence-corrected chi connectivity index (χ1v) is 10.5. The van der Waals surface area contributed by atoms with Crippen molar-refractivity contribution in [1.82, 2.24) is 10.6 Å². The lowest BCUT2D eigenvalue weighted by molar-refractivity contribution is 0.0857. The minimum atomic E-state index is -0.0153. The van der Waals surface area contributed by atoms with Crippen molar-refractivity contribution in [3.05, 3.63) is 71.3 Å². The third kappa shape index (κ3) is 4.45. The van der Waals surface area contributed by atoms with Crippen molar-refractivity contribution in [2.75, 3.05) is 13.2 Å². The summed E-state index contributed by atoms with van der Waals surface area (Å²) >= 11 is 0. The predicted molar refractivity (Wildman–Crippen MR) is 111 cm³/mol. The van der Waals surface area contributed by atoms with Crippen molar-refractivity contribution in [3.8, 4) is 0 Å². The Morgan fingerprint density at radius 1 is 1.14 bits per heavy atom. The van der Waals surface area contributed by atoms with Gasteiger partial charge < -0.3 is 15.4 Å². The van der Waals surface area contributed by atoms with Crippen LogP contribution in [0.5, 0.6) is 0 Å². The lowest BCUT2D eigenvalue weighted by Crippen LogP contribution is -2.47. The summed E-state index contributed by atoms with van der Waals surface area (Å²) in [4.78, 5) is 12.4. The molecule has 4 rings (SSSR count). The molecule has 4 unspecified atom stereocenters. The second-order valence-corrected chi connectivity index (χ2v) is 8.14. The lowest BCUT2D eigenvalue weighted by Gasteiger charge is -2.44. The Morgan fingerprint density at radius 2 is 2.00 bits per heavy atom. The minimum absolute atomic E-state index is 0.0153. The molecule has 2 aromatic carbocycles. The second kappa shape index (κ2) is 8.89. The average Bonchev–Trinajstić information content (AvgIpc) is 3.25. The summed E-state index contributed by atoms with van der Waals surface area (Å²) in [5.41, 5.74) is 3.32. The Kier molecular flexibility index (Phi) is 6.08. The highest BCUT2D eigenvalue weighted by Gasteiger charge is 2.37. The van der Waals surface area contributed by atoms with Crippen LogP contribution in [-0.4, -0.2) is 31.2 Å². The predicted octanol–water partition coefficient (Wildman–Crippen LogP) is 3.88. The van der Waals surface area contributed by atoms with Crippen LogP contribution in [0.1, 0.15) is 53.6 Å². The molecular formula is C24H30N2O2. The third-order valence-corrected chi connectivity index (χ3v) is 6.28. The molecule has 0 bridgehead atoms. The molecular weight excluding hydrogens is 348 g/mol. The van der Waals surface area contributed by atoms with E-state index in [-0.39, 0.29) is 12.0 Å². The summed E-state index contributed by atoms with van der Waals surface area (Å²) in [5, 5.41) is 6.68. The van der Waals surface area contributed by atoms with E-state index in [1.807, 2.05) is 18.2 Å². The van der Waals surface area contributed by atoms with Gasteiger partial charge in [-0.05, 0) is 54.4 Å². The molecule has 0 aromatic heterocycles. The molecule has 4 heteroatoms. The van der Waals surface area contributed by atoms with E-state index >= 15 is 0 Å². The zero-order valence-corrected chi connectivity index (χ0v) is 16.6. The number of carbonyl (C=O) groups excluding carboxylic acids is 1. The number of nitrogens with one attached hydrogen (secondary N) is 2. The molecule has 2 aliphatic rings. The van der Waals surface area contributed by atoms with Gasteiger partial charge >= 0.3 is 0 Å². The number of amides is 1. The first-order valence-electron chi connectivity index (χ1n) is 10.5. The molecule has 2 fully saturated rings. The van der Waals surface area contributed by atoms with E-state index in [2.05, 4.69) is 54.0 Å².